The zero-order valence-electron chi connectivity index (χ0n) is 15.2. The molecule has 0 bridgehead atoms. The lowest BCUT2D eigenvalue weighted by molar-refractivity contribution is -0.222. The molecule has 28 heavy (non-hydrogen) atoms. The third-order valence-electron chi connectivity index (χ3n) is 2.73. The van der Waals surface area contributed by atoms with Crippen LogP contribution in [0.15, 0.2) is 60.7 Å². The highest BCUT2D eigenvalue weighted by molar-refractivity contribution is 7.62. The van der Waals surface area contributed by atoms with Gasteiger partial charge in [-0.3, -0.25) is 0 Å². The SMILES string of the molecule is CCOCC.O=P(OO)(OO)OP(=O)(Oc1ccccc1)Oc1ccccc1. The monoisotopic (exact) mass is 436 g/mol. The highest BCUT2D eigenvalue weighted by Crippen LogP contribution is 2.64. The first-order valence-corrected chi connectivity index (χ1v) is 11.0. The molecule has 12 heteroatoms. The topological polar surface area (TPSA) is 130 Å². The molecule has 0 saturated carbocycles. The smallest absolute Gasteiger partial charge is 0.395 e. The molecule has 0 fully saturated rings. The molecule has 2 rings (SSSR count). The Bertz CT molecular complexity index is 701. The van der Waals surface area contributed by atoms with Crippen molar-refractivity contribution < 1.29 is 47.1 Å². The summed E-state index contributed by atoms with van der Waals surface area (Å²) in [7, 11) is -9.63. The van der Waals surface area contributed by atoms with Crippen LogP contribution in [0.2, 0.25) is 0 Å². The number of ether oxygens (including phenoxy) is 1. The molecule has 2 aromatic carbocycles. The average molecular weight is 436 g/mol. The molecule has 156 valence electrons. The fraction of sp³-hybridized carbons (Fsp3) is 0.250. The van der Waals surface area contributed by atoms with Gasteiger partial charge < -0.3 is 13.8 Å². The van der Waals surface area contributed by atoms with Gasteiger partial charge in [0.15, 0.2) is 0 Å². The highest BCUT2D eigenvalue weighted by atomic mass is 31.3. The molecular formula is C16H22O10P2. The lowest BCUT2D eigenvalue weighted by Crippen LogP contribution is -2.05. The van der Waals surface area contributed by atoms with Crippen LogP contribution in [-0.2, 0) is 27.5 Å². The normalized spacial score (nSPS) is 11.3. The summed E-state index contributed by atoms with van der Waals surface area (Å²) in [5, 5.41) is 17.0. The number of para-hydroxylation sites is 2. The highest BCUT2D eigenvalue weighted by Gasteiger charge is 2.44. The van der Waals surface area contributed by atoms with Crippen molar-refractivity contribution in [2.45, 2.75) is 13.8 Å². The van der Waals surface area contributed by atoms with Gasteiger partial charge in [0.2, 0.25) is 0 Å². The standard InChI is InChI=1S/C12H12O9P2.C4H10O/c13-19-23(16,20-14)21-22(15,17-11-7-3-1-4-8-11)18-12-9-5-2-6-10-12;1-3-5-4-2/h1-10,13-14H;3-4H2,1-2H3. The molecule has 0 aliphatic carbocycles. The van der Waals surface area contributed by atoms with Gasteiger partial charge in [0.25, 0.3) is 0 Å². The van der Waals surface area contributed by atoms with E-state index in [4.69, 9.17) is 24.3 Å². The van der Waals surface area contributed by atoms with E-state index in [1.807, 2.05) is 13.8 Å². The predicted octanol–water partition coefficient (Wildman–Crippen LogP) is 5.40. The van der Waals surface area contributed by atoms with Gasteiger partial charge in [-0.1, -0.05) is 36.4 Å². The maximum Gasteiger partial charge on any atom is 0.596 e. The lowest BCUT2D eigenvalue weighted by Gasteiger charge is -2.20. The minimum atomic E-state index is -4.98. The zero-order chi connectivity index (χ0) is 20.9. The summed E-state index contributed by atoms with van der Waals surface area (Å²) in [5.74, 6) is 0.100. The van der Waals surface area contributed by atoms with Crippen molar-refractivity contribution in [1.82, 2.24) is 0 Å². The summed E-state index contributed by atoms with van der Waals surface area (Å²) in [6.45, 7) is 5.67. The molecule has 10 nitrogen and oxygen atoms in total. The van der Waals surface area contributed by atoms with E-state index in [1.165, 1.54) is 24.3 Å². The maximum absolute atomic E-state index is 12.7. The molecule has 0 heterocycles. The molecule has 0 aliphatic rings. The Morgan fingerprint density at radius 1 is 0.714 bits per heavy atom. The number of phosphoric ester groups is 1. The van der Waals surface area contributed by atoms with Crippen molar-refractivity contribution >= 4 is 15.6 Å². The molecule has 2 N–H and O–H groups in total. The second-order valence-electron chi connectivity index (χ2n) is 4.73. The second-order valence-corrected chi connectivity index (χ2v) is 7.86. The van der Waals surface area contributed by atoms with Crippen LogP contribution in [0, 0.1) is 0 Å². The van der Waals surface area contributed by atoms with E-state index in [2.05, 4.69) is 13.7 Å². The zero-order valence-corrected chi connectivity index (χ0v) is 17.0. The Balaban J connectivity index is 0.000000696. The quantitative estimate of drug-likeness (QED) is 0.284. The van der Waals surface area contributed by atoms with Crippen molar-refractivity contribution in [2.24, 2.45) is 0 Å². The first-order valence-electron chi connectivity index (χ1n) is 8.05. The van der Waals surface area contributed by atoms with Crippen LogP contribution in [0.25, 0.3) is 0 Å². The van der Waals surface area contributed by atoms with Crippen LogP contribution >= 0.6 is 15.6 Å². The molecule has 0 aromatic heterocycles. The van der Waals surface area contributed by atoms with E-state index >= 15 is 0 Å². The van der Waals surface area contributed by atoms with E-state index < -0.39 is 15.6 Å². The molecule has 0 atom stereocenters. The van der Waals surface area contributed by atoms with E-state index in [-0.39, 0.29) is 11.5 Å². The Morgan fingerprint density at radius 3 is 1.39 bits per heavy atom. The van der Waals surface area contributed by atoms with Gasteiger partial charge in [-0.05, 0) is 38.1 Å². The van der Waals surface area contributed by atoms with Crippen LogP contribution < -0.4 is 9.05 Å². The summed E-state index contributed by atoms with van der Waals surface area (Å²) in [6, 6.07) is 15.4. The summed E-state index contributed by atoms with van der Waals surface area (Å²) >= 11 is 0. The molecule has 2 aromatic rings. The molecule has 0 amide bonds. The van der Waals surface area contributed by atoms with Crippen molar-refractivity contribution in [3.05, 3.63) is 60.7 Å². The van der Waals surface area contributed by atoms with Gasteiger partial charge in [-0.25, -0.2) is 19.6 Å². The lowest BCUT2D eigenvalue weighted by atomic mass is 10.3. The molecule has 0 saturated heterocycles. The van der Waals surface area contributed by atoms with Crippen LogP contribution in [0.3, 0.4) is 0 Å². The number of benzene rings is 2. The van der Waals surface area contributed by atoms with Gasteiger partial charge in [-0.2, -0.15) is 4.31 Å². The summed E-state index contributed by atoms with van der Waals surface area (Å²) in [6.07, 6.45) is 0. The number of rotatable bonds is 10. The Morgan fingerprint density at radius 2 is 1.11 bits per heavy atom. The first-order chi connectivity index (χ1) is 13.4. The van der Waals surface area contributed by atoms with Gasteiger partial charge >= 0.3 is 15.6 Å². The largest absolute Gasteiger partial charge is 0.596 e. The van der Waals surface area contributed by atoms with E-state index in [1.54, 1.807) is 36.4 Å². The second kappa shape index (κ2) is 12.7. The van der Waals surface area contributed by atoms with Crippen LogP contribution in [0.4, 0.5) is 0 Å². The van der Waals surface area contributed by atoms with E-state index in [9.17, 15) is 9.13 Å². The third-order valence-corrected chi connectivity index (χ3v) is 5.60. The minimum absolute atomic E-state index is 0.0502. The first kappa shape index (κ1) is 24.3. The Hall–Kier alpha value is -1.74. The average Bonchev–Trinajstić information content (AvgIpc) is 2.70. The van der Waals surface area contributed by atoms with Gasteiger partial charge in [0.05, 0.1) is 0 Å². The number of hydrogen-bond acceptors (Lipinski definition) is 10. The summed E-state index contributed by atoms with van der Waals surface area (Å²) in [4.78, 5) is 0. The number of hydrogen-bond donors (Lipinski definition) is 2. The number of phosphoric acid groups is 2. The van der Waals surface area contributed by atoms with Crippen LogP contribution in [0.1, 0.15) is 13.8 Å². The molecule has 0 spiro atoms. The molecular weight excluding hydrogens is 414 g/mol. The summed E-state index contributed by atoms with van der Waals surface area (Å²) < 4.78 is 50.5. The maximum atomic E-state index is 12.7. The van der Waals surface area contributed by atoms with Crippen molar-refractivity contribution in [3.63, 3.8) is 0 Å². The molecule has 0 aliphatic heterocycles. The Kier molecular flexibility index (Phi) is 11.0. The van der Waals surface area contributed by atoms with Crippen molar-refractivity contribution in [1.29, 1.82) is 0 Å². The van der Waals surface area contributed by atoms with Gasteiger partial charge in [0, 0.05) is 13.2 Å². The predicted molar refractivity (Wildman–Crippen MR) is 100 cm³/mol. The van der Waals surface area contributed by atoms with E-state index in [0.29, 0.717) is 0 Å². The molecule has 0 radical (unpaired) electrons. The van der Waals surface area contributed by atoms with Crippen molar-refractivity contribution in [3.8, 4) is 11.5 Å². The molecule has 0 unspecified atom stereocenters. The van der Waals surface area contributed by atoms with Crippen LogP contribution in [-0.4, -0.2) is 23.7 Å². The third kappa shape index (κ3) is 8.97. The van der Waals surface area contributed by atoms with Crippen LogP contribution in [0.5, 0.6) is 11.5 Å². The van der Waals surface area contributed by atoms with Crippen molar-refractivity contribution in [2.75, 3.05) is 13.2 Å². The van der Waals surface area contributed by atoms with Gasteiger partial charge in [0.1, 0.15) is 11.5 Å². The fourth-order valence-electron chi connectivity index (χ4n) is 1.64. The van der Waals surface area contributed by atoms with E-state index in [0.717, 1.165) is 13.2 Å². The Labute approximate surface area is 162 Å². The minimum Gasteiger partial charge on any atom is -0.395 e. The van der Waals surface area contributed by atoms with Gasteiger partial charge in [-0.15, -0.1) is 9.35 Å². The fourth-order valence-corrected chi connectivity index (χ4v) is 3.96. The summed E-state index contributed by atoms with van der Waals surface area (Å²) in [5.41, 5.74) is 0.